The highest BCUT2D eigenvalue weighted by atomic mass is 32.2. The van der Waals surface area contributed by atoms with E-state index in [2.05, 4.69) is 27.8 Å². The van der Waals surface area contributed by atoms with Crippen molar-refractivity contribution in [2.45, 2.75) is 63.0 Å². The number of hydrogen-bond acceptors (Lipinski definition) is 9. The van der Waals surface area contributed by atoms with Crippen LogP contribution in [-0.2, 0) is 32.2 Å². The topological polar surface area (TPSA) is 149 Å². The van der Waals surface area contributed by atoms with Crippen molar-refractivity contribution in [2.24, 2.45) is 5.92 Å². The Kier molecular flexibility index (Phi) is 10.7. The lowest BCUT2D eigenvalue weighted by Gasteiger charge is -2.41. The van der Waals surface area contributed by atoms with Gasteiger partial charge >= 0.3 is 5.97 Å². The Morgan fingerprint density at radius 3 is 2.34 bits per heavy atom. The van der Waals surface area contributed by atoms with Crippen molar-refractivity contribution in [1.82, 2.24) is 25.5 Å². The zero-order chi connectivity index (χ0) is 30.9. The van der Waals surface area contributed by atoms with Gasteiger partial charge in [-0.25, -0.2) is 0 Å². The van der Waals surface area contributed by atoms with Crippen molar-refractivity contribution in [3.63, 3.8) is 0 Å². The molecule has 5 rings (SSSR count). The van der Waals surface area contributed by atoms with E-state index in [-0.39, 0.29) is 43.5 Å². The van der Waals surface area contributed by atoms with E-state index in [1.165, 1.54) is 11.8 Å². The van der Waals surface area contributed by atoms with Crippen LogP contribution in [0.15, 0.2) is 84.0 Å². The van der Waals surface area contributed by atoms with Crippen LogP contribution < -0.4 is 5.32 Å². The molecule has 0 saturated carbocycles. The van der Waals surface area contributed by atoms with Crippen molar-refractivity contribution < 1.29 is 29.3 Å². The Morgan fingerprint density at radius 2 is 1.64 bits per heavy atom. The number of aliphatic hydroxyl groups excluding tert-OH is 1. The van der Waals surface area contributed by atoms with Crippen LogP contribution in [0.2, 0.25) is 0 Å². The van der Waals surface area contributed by atoms with Gasteiger partial charge in [-0.15, -0.1) is 5.10 Å². The Morgan fingerprint density at radius 1 is 0.932 bits per heavy atom. The van der Waals surface area contributed by atoms with Gasteiger partial charge in [0.25, 0.3) is 0 Å². The largest absolute Gasteiger partial charge is 0.481 e. The lowest BCUT2D eigenvalue weighted by molar-refractivity contribution is -0.268. The summed E-state index contributed by atoms with van der Waals surface area (Å²) < 4.78 is 14.8. The van der Waals surface area contributed by atoms with Crippen LogP contribution in [0.4, 0.5) is 0 Å². The number of tetrazole rings is 1. The molecule has 3 N–H and O–H groups in total. The van der Waals surface area contributed by atoms with Gasteiger partial charge in [0.2, 0.25) is 11.1 Å². The maximum atomic E-state index is 12.1. The van der Waals surface area contributed by atoms with Crippen LogP contribution >= 0.6 is 11.8 Å². The number of nitrogens with zero attached hydrogens (tertiary/aromatic N) is 4. The standard InChI is InChI=1S/C32H35N5O6S/c1-21-27(20-44-32-34-35-36-37(32)26-6-3-2-4-7-26)42-31(43-30(21)24-14-12-23(19-38)13-15-24)25-16-10-22(11-17-25)18-33-28(39)8-5-9-29(40)41/h2-4,6-7,10-17,21,27,30-31,38H,5,8-9,18-20H2,1H3,(H,33,39)(H,40,41)/t21-,27+,30+,31+/m0/s1. The van der Waals surface area contributed by atoms with E-state index in [0.29, 0.717) is 23.9 Å². The number of aliphatic hydroxyl groups is 1. The van der Waals surface area contributed by atoms with Crippen molar-refractivity contribution in [3.05, 3.63) is 101 Å². The molecule has 0 bridgehead atoms. The van der Waals surface area contributed by atoms with Gasteiger partial charge in [-0.3, -0.25) is 9.59 Å². The number of amides is 1. The third kappa shape index (κ3) is 8.08. The fourth-order valence-electron chi connectivity index (χ4n) is 4.95. The number of carbonyl (C=O) groups excluding carboxylic acids is 1. The molecule has 0 unspecified atom stereocenters. The Balaban J connectivity index is 1.29. The first kappa shape index (κ1) is 31.3. The summed E-state index contributed by atoms with van der Waals surface area (Å²) in [4.78, 5) is 22.7. The van der Waals surface area contributed by atoms with Crippen LogP contribution in [-0.4, -0.2) is 54.2 Å². The molecule has 1 saturated heterocycles. The second-order valence-electron chi connectivity index (χ2n) is 10.6. The molecule has 1 aromatic heterocycles. The highest BCUT2D eigenvalue weighted by Crippen LogP contribution is 2.43. The highest BCUT2D eigenvalue weighted by Gasteiger charge is 2.38. The maximum absolute atomic E-state index is 12.1. The first-order valence-corrected chi connectivity index (χ1v) is 15.4. The van der Waals surface area contributed by atoms with E-state index in [0.717, 1.165) is 27.9 Å². The molecule has 0 aliphatic carbocycles. The molecular weight excluding hydrogens is 582 g/mol. The van der Waals surface area contributed by atoms with Crippen LogP contribution in [0, 0.1) is 5.92 Å². The number of carboxylic acids is 1. The zero-order valence-corrected chi connectivity index (χ0v) is 25.1. The van der Waals surface area contributed by atoms with E-state index in [4.69, 9.17) is 14.6 Å². The van der Waals surface area contributed by atoms with E-state index in [1.807, 2.05) is 78.9 Å². The molecule has 1 fully saturated rings. The summed E-state index contributed by atoms with van der Waals surface area (Å²) in [6, 6.07) is 25.2. The summed E-state index contributed by atoms with van der Waals surface area (Å²) in [6.45, 7) is 2.41. The van der Waals surface area contributed by atoms with Crippen LogP contribution in [0.1, 0.15) is 60.8 Å². The summed E-state index contributed by atoms with van der Waals surface area (Å²) in [5.74, 6) is -0.508. The number of carbonyl (C=O) groups is 2. The molecule has 0 spiro atoms. The molecule has 44 heavy (non-hydrogen) atoms. The van der Waals surface area contributed by atoms with Gasteiger partial charge in [0, 0.05) is 36.6 Å². The number of carboxylic acid groups (broad SMARTS) is 1. The first-order chi connectivity index (χ1) is 21.4. The molecule has 1 aliphatic heterocycles. The molecule has 230 valence electrons. The smallest absolute Gasteiger partial charge is 0.303 e. The number of para-hydroxylation sites is 1. The third-order valence-corrected chi connectivity index (χ3v) is 8.49. The predicted molar refractivity (Wildman–Crippen MR) is 163 cm³/mol. The first-order valence-electron chi connectivity index (χ1n) is 14.5. The number of ether oxygens (including phenoxy) is 2. The van der Waals surface area contributed by atoms with Gasteiger partial charge in [0.05, 0.1) is 24.5 Å². The minimum atomic E-state index is -0.910. The summed E-state index contributed by atoms with van der Waals surface area (Å²) in [6.07, 6.45) is -0.653. The Hall–Kier alpha value is -4.10. The van der Waals surface area contributed by atoms with Gasteiger partial charge in [-0.2, -0.15) is 4.68 Å². The van der Waals surface area contributed by atoms with Gasteiger partial charge in [-0.05, 0) is 45.7 Å². The second kappa shape index (κ2) is 15.1. The molecular formula is C32H35N5O6S. The molecule has 0 radical (unpaired) electrons. The monoisotopic (exact) mass is 617 g/mol. The average Bonchev–Trinajstić information content (AvgIpc) is 3.53. The molecule has 4 aromatic rings. The molecule has 11 nitrogen and oxygen atoms in total. The van der Waals surface area contributed by atoms with Crippen LogP contribution in [0.25, 0.3) is 5.69 Å². The minimum absolute atomic E-state index is 0.00426. The maximum Gasteiger partial charge on any atom is 0.303 e. The van der Waals surface area contributed by atoms with Gasteiger partial charge in [0.15, 0.2) is 6.29 Å². The van der Waals surface area contributed by atoms with E-state index in [1.54, 1.807) is 4.68 Å². The average molecular weight is 618 g/mol. The zero-order valence-electron chi connectivity index (χ0n) is 24.3. The number of aromatic nitrogens is 4. The number of thioether (sulfide) groups is 1. The fraction of sp³-hybridized carbons (Fsp3) is 0.344. The SMILES string of the molecule is C[C@H]1[C@@H](CSc2nnnn2-c2ccccc2)O[C@@H](c2ccc(CNC(=O)CCCC(=O)O)cc2)O[C@H]1c1ccc(CO)cc1. The van der Waals surface area contributed by atoms with Crippen LogP contribution in [0.5, 0.6) is 0 Å². The molecule has 2 heterocycles. The Bertz CT molecular complexity index is 1520. The van der Waals surface area contributed by atoms with Gasteiger partial charge in [-0.1, -0.05) is 85.4 Å². The normalized spacial score (nSPS) is 19.9. The van der Waals surface area contributed by atoms with Crippen molar-refractivity contribution in [3.8, 4) is 5.69 Å². The fourth-order valence-corrected chi connectivity index (χ4v) is 6.00. The summed E-state index contributed by atoms with van der Waals surface area (Å²) in [5, 5.41) is 34.1. The van der Waals surface area contributed by atoms with Crippen molar-refractivity contribution in [2.75, 3.05) is 5.75 Å². The number of aliphatic carboxylic acids is 1. The number of hydrogen-bond donors (Lipinski definition) is 3. The van der Waals surface area contributed by atoms with Gasteiger partial charge in [0.1, 0.15) is 0 Å². The summed E-state index contributed by atoms with van der Waals surface area (Å²) >= 11 is 1.52. The lowest BCUT2D eigenvalue weighted by atomic mass is 9.91. The Labute approximate surface area is 259 Å². The summed E-state index contributed by atoms with van der Waals surface area (Å²) in [5.41, 5.74) is 4.44. The molecule has 1 amide bonds. The van der Waals surface area contributed by atoms with E-state index >= 15 is 0 Å². The number of benzene rings is 3. The number of nitrogens with one attached hydrogen (secondary N) is 1. The van der Waals surface area contributed by atoms with Crippen molar-refractivity contribution in [1.29, 1.82) is 0 Å². The van der Waals surface area contributed by atoms with E-state index < -0.39 is 12.3 Å². The third-order valence-electron chi connectivity index (χ3n) is 7.48. The predicted octanol–water partition coefficient (Wildman–Crippen LogP) is 4.61. The second-order valence-corrected chi connectivity index (χ2v) is 11.6. The van der Waals surface area contributed by atoms with E-state index in [9.17, 15) is 14.7 Å². The van der Waals surface area contributed by atoms with Crippen molar-refractivity contribution >= 4 is 23.6 Å². The number of rotatable bonds is 13. The van der Waals surface area contributed by atoms with Gasteiger partial charge < -0.3 is 25.0 Å². The summed E-state index contributed by atoms with van der Waals surface area (Å²) in [7, 11) is 0. The highest BCUT2D eigenvalue weighted by molar-refractivity contribution is 7.99. The molecule has 1 aliphatic rings. The lowest BCUT2D eigenvalue weighted by Crippen LogP contribution is -2.38. The molecule has 4 atom stereocenters. The molecule has 12 heteroatoms. The quantitative estimate of drug-likeness (QED) is 0.182. The molecule has 3 aromatic carbocycles. The van der Waals surface area contributed by atoms with Crippen LogP contribution in [0.3, 0.4) is 0 Å². The minimum Gasteiger partial charge on any atom is -0.481 e.